The molecule has 0 amide bonds. The van der Waals surface area contributed by atoms with Crippen molar-refractivity contribution < 1.29 is 13.9 Å². The summed E-state index contributed by atoms with van der Waals surface area (Å²) in [5.41, 5.74) is 1.92. The first-order valence-corrected chi connectivity index (χ1v) is 4.95. The lowest BCUT2D eigenvalue weighted by Crippen LogP contribution is -2.08. The van der Waals surface area contributed by atoms with Crippen LogP contribution in [0.5, 0.6) is 0 Å². The number of carbonyl (C=O) groups excluding carboxylic acids is 1. The minimum atomic E-state index is -0.275. The number of esters is 1. The van der Waals surface area contributed by atoms with Gasteiger partial charge in [-0.05, 0) is 37.5 Å². The van der Waals surface area contributed by atoms with E-state index in [4.69, 9.17) is 4.74 Å². The van der Waals surface area contributed by atoms with Crippen molar-refractivity contribution in [3.05, 3.63) is 34.6 Å². The quantitative estimate of drug-likeness (QED) is 0.717. The first-order valence-electron chi connectivity index (χ1n) is 4.95. The number of ether oxygens (including phenoxy) is 1. The van der Waals surface area contributed by atoms with Gasteiger partial charge >= 0.3 is 5.97 Å². The van der Waals surface area contributed by atoms with Crippen molar-refractivity contribution >= 4 is 5.97 Å². The molecular weight excluding hydrogens is 195 g/mol. The van der Waals surface area contributed by atoms with Crippen LogP contribution in [0, 0.1) is 19.7 Å². The van der Waals surface area contributed by atoms with Crippen LogP contribution in [0.25, 0.3) is 0 Å². The van der Waals surface area contributed by atoms with Gasteiger partial charge in [0.25, 0.3) is 0 Å². The molecule has 1 aromatic rings. The number of benzene rings is 1. The van der Waals surface area contributed by atoms with E-state index in [1.54, 1.807) is 32.9 Å². The smallest absolute Gasteiger partial charge is 0.310 e. The Morgan fingerprint density at radius 1 is 1.33 bits per heavy atom. The molecule has 0 saturated heterocycles. The number of aryl methyl sites for hydroxylation is 2. The summed E-state index contributed by atoms with van der Waals surface area (Å²) in [4.78, 5) is 11.2. The van der Waals surface area contributed by atoms with Gasteiger partial charge in [0.2, 0.25) is 0 Å². The third-order valence-electron chi connectivity index (χ3n) is 2.15. The Morgan fingerprint density at radius 2 is 1.87 bits per heavy atom. The molecule has 0 spiro atoms. The Morgan fingerprint density at radius 3 is 2.33 bits per heavy atom. The van der Waals surface area contributed by atoms with Gasteiger partial charge in [0, 0.05) is 0 Å². The lowest BCUT2D eigenvalue weighted by Gasteiger charge is -2.06. The SMILES string of the molecule is CCOC(=O)Cc1cc(C)c(F)c(C)c1. The second kappa shape index (κ2) is 4.91. The summed E-state index contributed by atoms with van der Waals surface area (Å²) in [6, 6.07) is 3.36. The van der Waals surface area contributed by atoms with E-state index < -0.39 is 0 Å². The van der Waals surface area contributed by atoms with E-state index in [1.807, 2.05) is 0 Å². The van der Waals surface area contributed by atoms with Crippen molar-refractivity contribution in [3.63, 3.8) is 0 Å². The van der Waals surface area contributed by atoms with Crippen molar-refractivity contribution in [2.45, 2.75) is 27.2 Å². The van der Waals surface area contributed by atoms with Crippen molar-refractivity contribution in [2.24, 2.45) is 0 Å². The van der Waals surface area contributed by atoms with Crippen LogP contribution < -0.4 is 0 Å². The van der Waals surface area contributed by atoms with E-state index in [9.17, 15) is 9.18 Å². The zero-order valence-corrected chi connectivity index (χ0v) is 9.26. The van der Waals surface area contributed by atoms with Crippen molar-refractivity contribution in [2.75, 3.05) is 6.61 Å². The second-order valence-corrected chi connectivity index (χ2v) is 3.53. The molecule has 0 aliphatic rings. The molecule has 0 aliphatic heterocycles. The molecule has 0 radical (unpaired) electrons. The Bertz CT molecular complexity index is 349. The largest absolute Gasteiger partial charge is 0.466 e. The van der Waals surface area contributed by atoms with E-state index in [1.165, 1.54) is 0 Å². The van der Waals surface area contributed by atoms with Crippen LogP contribution in [0.3, 0.4) is 0 Å². The summed E-state index contributed by atoms with van der Waals surface area (Å²) in [6.45, 7) is 5.52. The highest BCUT2D eigenvalue weighted by Crippen LogP contribution is 2.15. The molecule has 3 heteroatoms. The highest BCUT2D eigenvalue weighted by atomic mass is 19.1. The number of hydrogen-bond donors (Lipinski definition) is 0. The molecule has 0 fully saturated rings. The van der Waals surface area contributed by atoms with E-state index in [-0.39, 0.29) is 18.2 Å². The van der Waals surface area contributed by atoms with Gasteiger partial charge in [-0.3, -0.25) is 4.79 Å². The fourth-order valence-electron chi connectivity index (χ4n) is 1.52. The molecule has 1 aromatic carbocycles. The van der Waals surface area contributed by atoms with E-state index >= 15 is 0 Å². The zero-order valence-electron chi connectivity index (χ0n) is 9.26. The second-order valence-electron chi connectivity index (χ2n) is 3.53. The summed E-state index contributed by atoms with van der Waals surface area (Å²) in [5, 5.41) is 0. The number of carbonyl (C=O) groups is 1. The topological polar surface area (TPSA) is 26.3 Å². The molecule has 0 atom stereocenters. The normalized spacial score (nSPS) is 10.1. The third kappa shape index (κ3) is 3.05. The standard InChI is InChI=1S/C12H15FO2/c1-4-15-11(14)7-10-5-8(2)12(13)9(3)6-10/h5-6H,4,7H2,1-3H3. The van der Waals surface area contributed by atoms with Gasteiger partial charge in [-0.15, -0.1) is 0 Å². The van der Waals surface area contributed by atoms with Gasteiger partial charge in [-0.2, -0.15) is 0 Å². The van der Waals surface area contributed by atoms with E-state index in [0.717, 1.165) is 5.56 Å². The third-order valence-corrected chi connectivity index (χ3v) is 2.15. The molecule has 2 nitrogen and oxygen atoms in total. The summed E-state index contributed by atoms with van der Waals surface area (Å²) >= 11 is 0. The molecule has 0 unspecified atom stereocenters. The number of hydrogen-bond acceptors (Lipinski definition) is 2. The first-order chi connectivity index (χ1) is 7.04. The maximum atomic E-state index is 13.3. The van der Waals surface area contributed by atoms with Gasteiger partial charge in [0.05, 0.1) is 13.0 Å². The van der Waals surface area contributed by atoms with Gasteiger partial charge < -0.3 is 4.74 Å². The average molecular weight is 210 g/mol. The van der Waals surface area contributed by atoms with Gasteiger partial charge in [-0.25, -0.2) is 4.39 Å². The van der Waals surface area contributed by atoms with Crippen molar-refractivity contribution in [1.82, 2.24) is 0 Å². The maximum absolute atomic E-state index is 13.3. The first kappa shape index (κ1) is 11.7. The van der Waals surface area contributed by atoms with Crippen LogP contribution in [0.2, 0.25) is 0 Å². The summed E-state index contributed by atoms with van der Waals surface area (Å²) in [7, 11) is 0. The Hall–Kier alpha value is -1.38. The number of halogens is 1. The van der Waals surface area contributed by atoms with Crippen molar-refractivity contribution in [1.29, 1.82) is 0 Å². The minimum absolute atomic E-state index is 0.204. The Labute approximate surface area is 89.1 Å². The maximum Gasteiger partial charge on any atom is 0.310 e. The summed E-state index contributed by atoms with van der Waals surface area (Å²) in [6.07, 6.45) is 0.204. The molecule has 0 N–H and O–H groups in total. The molecule has 0 aliphatic carbocycles. The lowest BCUT2D eigenvalue weighted by molar-refractivity contribution is -0.142. The molecule has 1 rings (SSSR count). The molecule has 0 heterocycles. The molecule has 0 bridgehead atoms. The van der Waals surface area contributed by atoms with Crippen LogP contribution in [0.15, 0.2) is 12.1 Å². The predicted octanol–water partition coefficient (Wildman–Crippen LogP) is 2.55. The fraction of sp³-hybridized carbons (Fsp3) is 0.417. The van der Waals surface area contributed by atoms with Crippen LogP contribution in [0.1, 0.15) is 23.6 Å². The highest BCUT2D eigenvalue weighted by Gasteiger charge is 2.08. The molecule has 0 aromatic heterocycles. The van der Waals surface area contributed by atoms with E-state index in [0.29, 0.717) is 17.7 Å². The van der Waals surface area contributed by atoms with Gasteiger partial charge in [-0.1, -0.05) is 12.1 Å². The molecule has 82 valence electrons. The van der Waals surface area contributed by atoms with Gasteiger partial charge in [0.1, 0.15) is 5.82 Å². The van der Waals surface area contributed by atoms with E-state index in [2.05, 4.69) is 0 Å². The van der Waals surface area contributed by atoms with Crippen LogP contribution in [-0.4, -0.2) is 12.6 Å². The molecular formula is C12H15FO2. The molecule has 15 heavy (non-hydrogen) atoms. The highest BCUT2D eigenvalue weighted by molar-refractivity contribution is 5.72. The van der Waals surface area contributed by atoms with Crippen molar-refractivity contribution in [3.8, 4) is 0 Å². The minimum Gasteiger partial charge on any atom is -0.466 e. The fourth-order valence-corrected chi connectivity index (χ4v) is 1.52. The zero-order chi connectivity index (χ0) is 11.4. The van der Waals surface area contributed by atoms with Crippen LogP contribution in [0.4, 0.5) is 4.39 Å². The van der Waals surface area contributed by atoms with Gasteiger partial charge in [0.15, 0.2) is 0 Å². The monoisotopic (exact) mass is 210 g/mol. The van der Waals surface area contributed by atoms with Crippen LogP contribution in [-0.2, 0) is 16.0 Å². The number of rotatable bonds is 3. The predicted molar refractivity (Wildman–Crippen MR) is 56.2 cm³/mol. The molecule has 0 saturated carbocycles. The average Bonchev–Trinajstić information content (AvgIpc) is 2.14. The summed E-state index contributed by atoms with van der Waals surface area (Å²) in [5.74, 6) is -0.481. The van der Waals surface area contributed by atoms with Crippen LogP contribution >= 0.6 is 0 Å². The Balaban J connectivity index is 2.83. The Kier molecular flexibility index (Phi) is 3.83. The summed E-state index contributed by atoms with van der Waals surface area (Å²) < 4.78 is 18.1. The lowest BCUT2D eigenvalue weighted by atomic mass is 10.0.